The maximum atomic E-state index is 3.58. The molecule has 1 atom stereocenters. The summed E-state index contributed by atoms with van der Waals surface area (Å²) in [6.45, 7) is 2.29. The van der Waals surface area contributed by atoms with Gasteiger partial charge in [0.2, 0.25) is 0 Å². The molecule has 1 N–H and O–H groups in total. The van der Waals surface area contributed by atoms with E-state index in [-0.39, 0.29) is 0 Å². The summed E-state index contributed by atoms with van der Waals surface area (Å²) >= 11 is 3.93. The Morgan fingerprint density at radius 2 is 2.31 bits per heavy atom. The molecular formula is C13H19NS2. The SMILES string of the molecule is CSCCCNCC1CSc2ccccc21. The Morgan fingerprint density at radius 1 is 1.44 bits per heavy atom. The van der Waals surface area contributed by atoms with Gasteiger partial charge in [0.15, 0.2) is 0 Å². The Morgan fingerprint density at radius 3 is 3.19 bits per heavy atom. The van der Waals surface area contributed by atoms with E-state index in [9.17, 15) is 0 Å². The third-order valence-electron chi connectivity index (χ3n) is 2.89. The van der Waals surface area contributed by atoms with Crippen LogP contribution in [-0.4, -0.2) is 30.9 Å². The van der Waals surface area contributed by atoms with Crippen LogP contribution < -0.4 is 5.32 Å². The molecule has 0 amide bonds. The Hall–Kier alpha value is -0.120. The highest BCUT2D eigenvalue weighted by atomic mass is 32.2. The van der Waals surface area contributed by atoms with Crippen molar-refractivity contribution in [1.29, 1.82) is 0 Å². The van der Waals surface area contributed by atoms with Gasteiger partial charge in [-0.3, -0.25) is 0 Å². The minimum absolute atomic E-state index is 0.718. The zero-order chi connectivity index (χ0) is 11.2. The third kappa shape index (κ3) is 3.19. The highest BCUT2D eigenvalue weighted by Crippen LogP contribution is 2.38. The van der Waals surface area contributed by atoms with Crippen molar-refractivity contribution in [2.75, 3.05) is 30.9 Å². The van der Waals surface area contributed by atoms with Crippen molar-refractivity contribution in [3.63, 3.8) is 0 Å². The van der Waals surface area contributed by atoms with Crippen molar-refractivity contribution in [2.45, 2.75) is 17.2 Å². The lowest BCUT2D eigenvalue weighted by Crippen LogP contribution is -2.23. The molecule has 1 aliphatic rings. The summed E-state index contributed by atoms with van der Waals surface area (Å²) in [7, 11) is 0. The fourth-order valence-electron chi connectivity index (χ4n) is 2.02. The largest absolute Gasteiger partial charge is 0.316 e. The van der Waals surface area contributed by atoms with Gasteiger partial charge in [-0.15, -0.1) is 11.8 Å². The topological polar surface area (TPSA) is 12.0 Å². The lowest BCUT2D eigenvalue weighted by atomic mass is 10.0. The lowest BCUT2D eigenvalue weighted by Gasteiger charge is -2.11. The second kappa shape index (κ2) is 6.58. The molecule has 16 heavy (non-hydrogen) atoms. The summed E-state index contributed by atoms with van der Waals surface area (Å²) < 4.78 is 0. The predicted octanol–water partition coefficient (Wildman–Crippen LogP) is 3.22. The van der Waals surface area contributed by atoms with E-state index in [0.29, 0.717) is 0 Å². The predicted molar refractivity (Wildman–Crippen MR) is 75.8 cm³/mol. The molecule has 1 aromatic carbocycles. The second-order valence-electron chi connectivity index (χ2n) is 4.10. The van der Waals surface area contributed by atoms with Gasteiger partial charge in [-0.1, -0.05) is 18.2 Å². The fourth-order valence-corrected chi connectivity index (χ4v) is 3.70. The molecule has 1 aliphatic heterocycles. The number of hydrogen-bond acceptors (Lipinski definition) is 3. The minimum atomic E-state index is 0.718. The highest BCUT2D eigenvalue weighted by molar-refractivity contribution is 7.99. The maximum Gasteiger partial charge on any atom is 0.0108 e. The number of benzene rings is 1. The number of fused-ring (bicyclic) bond motifs is 1. The molecule has 88 valence electrons. The van der Waals surface area contributed by atoms with Gasteiger partial charge < -0.3 is 5.32 Å². The average Bonchev–Trinajstić information content (AvgIpc) is 2.73. The molecule has 0 saturated carbocycles. The van der Waals surface area contributed by atoms with Crippen molar-refractivity contribution in [2.24, 2.45) is 0 Å². The Labute approximate surface area is 107 Å². The van der Waals surface area contributed by atoms with Crippen molar-refractivity contribution >= 4 is 23.5 Å². The van der Waals surface area contributed by atoms with Gasteiger partial charge in [0.1, 0.15) is 0 Å². The van der Waals surface area contributed by atoms with Crippen LogP contribution in [0.2, 0.25) is 0 Å². The Balaban J connectivity index is 1.76. The summed E-state index contributed by atoms with van der Waals surface area (Å²) in [5.74, 6) is 3.23. The summed E-state index contributed by atoms with van der Waals surface area (Å²) in [5.41, 5.74) is 1.55. The average molecular weight is 253 g/mol. The van der Waals surface area contributed by atoms with Crippen LogP contribution in [0.15, 0.2) is 29.2 Å². The minimum Gasteiger partial charge on any atom is -0.316 e. The second-order valence-corrected chi connectivity index (χ2v) is 6.14. The molecule has 0 saturated heterocycles. The molecule has 0 spiro atoms. The van der Waals surface area contributed by atoms with Crippen LogP contribution in [0, 0.1) is 0 Å². The van der Waals surface area contributed by atoms with Gasteiger partial charge in [-0.05, 0) is 36.6 Å². The van der Waals surface area contributed by atoms with Crippen molar-refractivity contribution in [1.82, 2.24) is 5.32 Å². The summed E-state index contributed by atoms with van der Waals surface area (Å²) in [4.78, 5) is 1.48. The summed E-state index contributed by atoms with van der Waals surface area (Å²) in [6, 6.07) is 8.82. The molecular weight excluding hydrogens is 234 g/mol. The molecule has 1 unspecified atom stereocenters. The fraction of sp³-hybridized carbons (Fsp3) is 0.538. The normalized spacial score (nSPS) is 18.7. The van der Waals surface area contributed by atoms with Crippen LogP contribution in [0.25, 0.3) is 0 Å². The number of nitrogens with one attached hydrogen (secondary N) is 1. The highest BCUT2D eigenvalue weighted by Gasteiger charge is 2.21. The van der Waals surface area contributed by atoms with Gasteiger partial charge >= 0.3 is 0 Å². The van der Waals surface area contributed by atoms with E-state index in [4.69, 9.17) is 0 Å². The molecule has 2 rings (SSSR count). The zero-order valence-corrected chi connectivity index (χ0v) is 11.4. The van der Waals surface area contributed by atoms with Crippen LogP contribution in [0.1, 0.15) is 17.9 Å². The van der Waals surface area contributed by atoms with Gasteiger partial charge in [0.25, 0.3) is 0 Å². The van der Waals surface area contributed by atoms with Gasteiger partial charge in [-0.2, -0.15) is 11.8 Å². The molecule has 0 aliphatic carbocycles. The number of rotatable bonds is 6. The van der Waals surface area contributed by atoms with Crippen molar-refractivity contribution in [3.05, 3.63) is 29.8 Å². The van der Waals surface area contributed by atoms with E-state index in [2.05, 4.69) is 35.8 Å². The van der Waals surface area contributed by atoms with E-state index >= 15 is 0 Å². The number of thioether (sulfide) groups is 2. The number of hydrogen-bond donors (Lipinski definition) is 1. The molecule has 1 nitrogen and oxygen atoms in total. The smallest absolute Gasteiger partial charge is 0.0108 e. The first-order chi connectivity index (χ1) is 7.92. The molecule has 1 aromatic rings. The first-order valence-electron chi connectivity index (χ1n) is 5.83. The first-order valence-corrected chi connectivity index (χ1v) is 8.21. The molecule has 0 bridgehead atoms. The Bertz CT molecular complexity index is 327. The van der Waals surface area contributed by atoms with Crippen LogP contribution in [0.5, 0.6) is 0 Å². The quantitative estimate of drug-likeness (QED) is 0.782. The molecule has 0 fully saturated rings. The lowest BCUT2D eigenvalue weighted by molar-refractivity contribution is 0.617. The molecule has 1 heterocycles. The summed E-state index contributed by atoms with van der Waals surface area (Å²) in [5, 5.41) is 3.58. The van der Waals surface area contributed by atoms with Gasteiger partial charge in [-0.25, -0.2) is 0 Å². The van der Waals surface area contributed by atoms with E-state index in [0.717, 1.165) is 19.0 Å². The Kier molecular flexibility index (Phi) is 5.07. The monoisotopic (exact) mass is 253 g/mol. The van der Waals surface area contributed by atoms with Crippen LogP contribution in [0.3, 0.4) is 0 Å². The molecule has 0 radical (unpaired) electrons. The third-order valence-corrected chi connectivity index (χ3v) is 4.84. The standard InChI is InChI=1S/C13H19NS2/c1-15-8-4-7-14-9-11-10-16-13-6-3-2-5-12(11)13/h2-3,5-6,11,14H,4,7-10H2,1H3. The van der Waals surface area contributed by atoms with Crippen LogP contribution in [0.4, 0.5) is 0 Å². The molecule has 3 heteroatoms. The van der Waals surface area contributed by atoms with E-state index in [1.165, 1.54) is 22.8 Å². The van der Waals surface area contributed by atoms with Crippen LogP contribution >= 0.6 is 23.5 Å². The van der Waals surface area contributed by atoms with Gasteiger partial charge in [0.05, 0.1) is 0 Å². The van der Waals surface area contributed by atoms with Crippen LogP contribution in [-0.2, 0) is 0 Å². The molecule has 0 aromatic heterocycles. The van der Waals surface area contributed by atoms with E-state index < -0.39 is 0 Å². The van der Waals surface area contributed by atoms with Crippen molar-refractivity contribution in [3.8, 4) is 0 Å². The van der Waals surface area contributed by atoms with Crippen molar-refractivity contribution < 1.29 is 0 Å². The maximum absolute atomic E-state index is 3.58. The first kappa shape index (κ1) is 12.3. The van der Waals surface area contributed by atoms with E-state index in [1.807, 2.05) is 23.5 Å². The van der Waals surface area contributed by atoms with Gasteiger partial charge in [0, 0.05) is 23.1 Å². The summed E-state index contributed by atoms with van der Waals surface area (Å²) in [6.07, 6.45) is 3.45. The zero-order valence-electron chi connectivity index (χ0n) is 9.74. The van der Waals surface area contributed by atoms with E-state index in [1.54, 1.807) is 5.56 Å².